The number of hydrogen-bond donors (Lipinski definition) is 1. The number of rotatable bonds is 4. The molecule has 2 rings (SSSR count). The first-order valence-corrected chi connectivity index (χ1v) is 5.32. The van der Waals surface area contributed by atoms with Gasteiger partial charge in [0, 0.05) is 18.5 Å². The van der Waals surface area contributed by atoms with Crippen LogP contribution in [0.1, 0.15) is 38.6 Å². The van der Waals surface area contributed by atoms with Crippen LogP contribution in [0.2, 0.25) is 0 Å². The van der Waals surface area contributed by atoms with Crippen LogP contribution in [0.3, 0.4) is 0 Å². The van der Waals surface area contributed by atoms with Gasteiger partial charge in [-0.25, -0.2) is 9.67 Å². The fourth-order valence-corrected chi connectivity index (χ4v) is 1.75. The number of nitrogens with zero attached hydrogens (tertiary/aromatic N) is 3. The van der Waals surface area contributed by atoms with Gasteiger partial charge in [-0.05, 0) is 32.6 Å². The average Bonchev–Trinajstić information content (AvgIpc) is 2.87. The van der Waals surface area contributed by atoms with Gasteiger partial charge in [-0.2, -0.15) is 5.10 Å². The van der Waals surface area contributed by atoms with Crippen LogP contribution in [0.5, 0.6) is 0 Å². The van der Waals surface area contributed by atoms with Crippen LogP contribution in [0.4, 0.5) is 0 Å². The summed E-state index contributed by atoms with van der Waals surface area (Å²) in [7, 11) is 0. The summed E-state index contributed by atoms with van der Waals surface area (Å²) in [6.45, 7) is 4.22. The van der Waals surface area contributed by atoms with E-state index in [9.17, 15) is 0 Å². The van der Waals surface area contributed by atoms with E-state index in [1.54, 1.807) is 6.33 Å². The molecule has 1 atom stereocenters. The van der Waals surface area contributed by atoms with Gasteiger partial charge >= 0.3 is 0 Å². The summed E-state index contributed by atoms with van der Waals surface area (Å²) in [5, 5.41) is 4.20. The molecule has 4 heteroatoms. The van der Waals surface area contributed by atoms with E-state index in [1.807, 2.05) is 4.68 Å². The smallest absolute Gasteiger partial charge is 0.138 e. The quantitative estimate of drug-likeness (QED) is 0.782. The Balaban J connectivity index is 2.03. The van der Waals surface area contributed by atoms with E-state index in [2.05, 4.69) is 23.9 Å². The second-order valence-corrected chi connectivity index (χ2v) is 4.42. The Kier molecular flexibility index (Phi) is 2.54. The van der Waals surface area contributed by atoms with Gasteiger partial charge in [0.05, 0.1) is 0 Å². The molecule has 1 unspecified atom stereocenters. The predicted octanol–water partition coefficient (Wildman–Crippen LogP) is 1.14. The Bertz CT molecular complexity index is 301. The van der Waals surface area contributed by atoms with Crippen LogP contribution in [0, 0.1) is 5.92 Å². The number of nitrogens with two attached hydrogens (primary N) is 1. The van der Waals surface area contributed by atoms with Crippen LogP contribution >= 0.6 is 0 Å². The largest absolute Gasteiger partial charge is 0.327 e. The zero-order valence-corrected chi connectivity index (χ0v) is 8.85. The molecule has 1 aromatic rings. The van der Waals surface area contributed by atoms with Crippen molar-refractivity contribution in [3.63, 3.8) is 0 Å². The van der Waals surface area contributed by atoms with E-state index in [1.165, 1.54) is 12.8 Å². The standard InChI is InChI=1S/C10H18N4/c1-7(2)14-10(12-6-13-14)5-9(11)8-3-4-8/h6-9H,3-5,11H2,1-2H3. The van der Waals surface area contributed by atoms with Crippen molar-refractivity contribution in [1.29, 1.82) is 0 Å². The summed E-state index contributed by atoms with van der Waals surface area (Å²) in [5.41, 5.74) is 6.06. The third kappa shape index (κ3) is 1.95. The highest BCUT2D eigenvalue weighted by Gasteiger charge is 2.29. The van der Waals surface area contributed by atoms with Crippen LogP contribution < -0.4 is 5.73 Å². The van der Waals surface area contributed by atoms with Crippen molar-refractivity contribution in [2.24, 2.45) is 11.7 Å². The molecule has 0 radical (unpaired) electrons. The molecule has 78 valence electrons. The highest BCUT2D eigenvalue weighted by Crippen LogP contribution is 2.32. The molecule has 0 amide bonds. The van der Waals surface area contributed by atoms with E-state index >= 15 is 0 Å². The van der Waals surface area contributed by atoms with Crippen molar-refractivity contribution in [3.05, 3.63) is 12.2 Å². The Morgan fingerprint density at radius 2 is 2.29 bits per heavy atom. The van der Waals surface area contributed by atoms with E-state index in [0.717, 1.165) is 18.2 Å². The van der Waals surface area contributed by atoms with E-state index in [-0.39, 0.29) is 6.04 Å². The Hall–Kier alpha value is -0.900. The van der Waals surface area contributed by atoms with Crippen LogP contribution in [-0.4, -0.2) is 20.8 Å². The van der Waals surface area contributed by atoms with Gasteiger partial charge in [0.25, 0.3) is 0 Å². The van der Waals surface area contributed by atoms with Crippen molar-refractivity contribution >= 4 is 0 Å². The van der Waals surface area contributed by atoms with Gasteiger partial charge in [0.15, 0.2) is 0 Å². The van der Waals surface area contributed by atoms with Crippen molar-refractivity contribution in [1.82, 2.24) is 14.8 Å². The van der Waals surface area contributed by atoms with Gasteiger partial charge in [-0.1, -0.05) is 0 Å². The molecule has 1 heterocycles. The maximum atomic E-state index is 6.06. The summed E-state index contributed by atoms with van der Waals surface area (Å²) >= 11 is 0. The summed E-state index contributed by atoms with van der Waals surface area (Å²) in [6, 6.07) is 0.649. The fourth-order valence-electron chi connectivity index (χ4n) is 1.75. The highest BCUT2D eigenvalue weighted by molar-refractivity contribution is 4.95. The molecule has 14 heavy (non-hydrogen) atoms. The minimum absolute atomic E-state index is 0.275. The molecular weight excluding hydrogens is 176 g/mol. The Morgan fingerprint density at radius 1 is 1.57 bits per heavy atom. The first-order chi connectivity index (χ1) is 6.68. The normalized spacial score (nSPS) is 18.9. The molecule has 1 aromatic heterocycles. The van der Waals surface area contributed by atoms with Crippen molar-refractivity contribution in [2.45, 2.75) is 45.2 Å². The fraction of sp³-hybridized carbons (Fsp3) is 0.800. The van der Waals surface area contributed by atoms with Crippen LogP contribution in [0.15, 0.2) is 6.33 Å². The van der Waals surface area contributed by atoms with Crippen molar-refractivity contribution in [3.8, 4) is 0 Å². The van der Waals surface area contributed by atoms with Crippen molar-refractivity contribution in [2.75, 3.05) is 0 Å². The molecule has 1 saturated carbocycles. The molecule has 0 saturated heterocycles. The summed E-state index contributed by atoms with van der Waals surface area (Å²) in [4.78, 5) is 4.26. The second-order valence-electron chi connectivity index (χ2n) is 4.42. The average molecular weight is 194 g/mol. The third-order valence-corrected chi connectivity index (χ3v) is 2.78. The second kappa shape index (κ2) is 3.69. The van der Waals surface area contributed by atoms with Crippen LogP contribution in [0.25, 0.3) is 0 Å². The molecule has 0 spiro atoms. The molecule has 2 N–H and O–H groups in total. The minimum atomic E-state index is 0.275. The highest BCUT2D eigenvalue weighted by atomic mass is 15.3. The van der Waals surface area contributed by atoms with Crippen molar-refractivity contribution < 1.29 is 0 Å². The van der Waals surface area contributed by atoms with Gasteiger partial charge in [0.2, 0.25) is 0 Å². The molecule has 1 fully saturated rings. The third-order valence-electron chi connectivity index (χ3n) is 2.78. The maximum absolute atomic E-state index is 6.06. The molecule has 1 aliphatic carbocycles. The SMILES string of the molecule is CC(C)n1ncnc1CC(N)C1CC1. The van der Waals surface area contributed by atoms with E-state index < -0.39 is 0 Å². The predicted molar refractivity (Wildman–Crippen MR) is 54.8 cm³/mol. The summed E-state index contributed by atoms with van der Waals surface area (Å²) < 4.78 is 1.96. The monoisotopic (exact) mass is 194 g/mol. The molecular formula is C10H18N4. The minimum Gasteiger partial charge on any atom is -0.327 e. The molecule has 4 nitrogen and oxygen atoms in total. The number of hydrogen-bond acceptors (Lipinski definition) is 3. The molecule has 1 aliphatic rings. The first-order valence-electron chi connectivity index (χ1n) is 5.32. The number of aromatic nitrogens is 3. The van der Waals surface area contributed by atoms with E-state index in [4.69, 9.17) is 5.73 Å². The lowest BCUT2D eigenvalue weighted by atomic mass is 10.1. The molecule has 0 aromatic carbocycles. The lowest BCUT2D eigenvalue weighted by Gasteiger charge is -2.12. The van der Waals surface area contributed by atoms with Gasteiger partial charge in [-0.3, -0.25) is 0 Å². The topological polar surface area (TPSA) is 56.7 Å². The molecule has 0 bridgehead atoms. The van der Waals surface area contributed by atoms with Gasteiger partial charge < -0.3 is 5.73 Å². The zero-order valence-electron chi connectivity index (χ0n) is 8.85. The lowest BCUT2D eigenvalue weighted by molar-refractivity contribution is 0.479. The Morgan fingerprint density at radius 3 is 2.86 bits per heavy atom. The maximum Gasteiger partial charge on any atom is 0.138 e. The lowest BCUT2D eigenvalue weighted by Crippen LogP contribution is -2.27. The summed E-state index contributed by atoms with van der Waals surface area (Å²) in [5.74, 6) is 1.76. The zero-order chi connectivity index (χ0) is 10.1. The summed E-state index contributed by atoms with van der Waals surface area (Å²) in [6.07, 6.45) is 5.06. The Labute approximate surface area is 84.5 Å². The molecule has 0 aliphatic heterocycles. The van der Waals surface area contributed by atoms with Gasteiger partial charge in [0.1, 0.15) is 12.2 Å². The first kappa shape index (κ1) is 9.65. The van der Waals surface area contributed by atoms with Crippen LogP contribution in [-0.2, 0) is 6.42 Å². The van der Waals surface area contributed by atoms with Gasteiger partial charge in [-0.15, -0.1) is 0 Å². The van der Waals surface area contributed by atoms with E-state index in [0.29, 0.717) is 6.04 Å².